The summed E-state index contributed by atoms with van der Waals surface area (Å²) in [5.41, 5.74) is 2.43. The lowest BCUT2D eigenvalue weighted by Gasteiger charge is -2.21. The summed E-state index contributed by atoms with van der Waals surface area (Å²) < 4.78 is 5.22. The minimum atomic E-state index is -0.210. The number of hydrogen-bond donors (Lipinski definition) is 1. The van der Waals surface area contributed by atoms with Gasteiger partial charge in [-0.1, -0.05) is 54.6 Å². The molecule has 6 heteroatoms. The van der Waals surface area contributed by atoms with Crippen LogP contribution in [0.5, 0.6) is 5.75 Å². The van der Waals surface area contributed by atoms with Crippen molar-refractivity contribution in [3.63, 3.8) is 0 Å². The molecule has 166 valence electrons. The van der Waals surface area contributed by atoms with E-state index in [4.69, 9.17) is 4.74 Å². The highest BCUT2D eigenvalue weighted by Gasteiger charge is 2.14. The first-order chi connectivity index (χ1) is 16.1. The van der Waals surface area contributed by atoms with Crippen LogP contribution in [0.3, 0.4) is 0 Å². The van der Waals surface area contributed by atoms with Crippen LogP contribution in [-0.2, 0) is 17.8 Å². The van der Waals surface area contributed by atoms with Gasteiger partial charge in [0.15, 0.2) is 0 Å². The largest absolute Gasteiger partial charge is 0.497 e. The van der Waals surface area contributed by atoms with Gasteiger partial charge in [0.1, 0.15) is 11.6 Å². The third kappa shape index (κ3) is 5.74. The second-order valence-corrected chi connectivity index (χ2v) is 7.63. The highest BCUT2D eigenvalue weighted by atomic mass is 16.5. The zero-order valence-electron chi connectivity index (χ0n) is 18.4. The van der Waals surface area contributed by atoms with Gasteiger partial charge >= 0.3 is 0 Å². The molecule has 3 aromatic carbocycles. The smallest absolute Gasteiger partial charge is 0.258 e. The van der Waals surface area contributed by atoms with E-state index in [2.05, 4.69) is 9.97 Å². The van der Waals surface area contributed by atoms with Crippen molar-refractivity contribution in [2.24, 2.45) is 0 Å². The van der Waals surface area contributed by atoms with Crippen molar-refractivity contribution in [3.05, 3.63) is 112 Å². The van der Waals surface area contributed by atoms with Gasteiger partial charge in [-0.3, -0.25) is 9.59 Å². The molecule has 1 heterocycles. The third-order valence-corrected chi connectivity index (χ3v) is 5.36. The normalized spacial score (nSPS) is 11.1. The third-order valence-electron chi connectivity index (χ3n) is 5.36. The average Bonchev–Trinajstić information content (AvgIpc) is 2.86. The molecule has 0 saturated heterocycles. The van der Waals surface area contributed by atoms with E-state index in [1.807, 2.05) is 60.7 Å². The van der Waals surface area contributed by atoms with E-state index < -0.39 is 0 Å². The van der Waals surface area contributed by atoms with Crippen LogP contribution < -0.4 is 10.3 Å². The number of fused-ring (bicyclic) bond motifs is 1. The number of methoxy groups -OCH3 is 1. The Hall–Kier alpha value is -4.19. The Morgan fingerprint density at radius 2 is 1.73 bits per heavy atom. The molecule has 1 aromatic heterocycles. The van der Waals surface area contributed by atoms with Gasteiger partial charge in [-0.25, -0.2) is 4.98 Å². The molecule has 0 saturated carbocycles. The minimum absolute atomic E-state index is 0.150. The van der Waals surface area contributed by atoms with E-state index in [-0.39, 0.29) is 18.0 Å². The molecule has 0 bridgehead atoms. The number of ether oxygens (including phenoxy) is 1. The number of benzene rings is 3. The maximum atomic E-state index is 13.1. The van der Waals surface area contributed by atoms with Gasteiger partial charge in [0.05, 0.1) is 24.6 Å². The predicted molar refractivity (Wildman–Crippen MR) is 130 cm³/mol. The molecule has 0 fully saturated rings. The number of aromatic amines is 1. The average molecular weight is 440 g/mol. The van der Waals surface area contributed by atoms with E-state index in [1.165, 1.54) is 0 Å². The number of nitrogens with one attached hydrogen (secondary N) is 1. The second-order valence-electron chi connectivity index (χ2n) is 7.63. The van der Waals surface area contributed by atoms with Crippen LogP contribution in [0.1, 0.15) is 17.0 Å². The fraction of sp³-hybridized carbons (Fsp3) is 0.148. The molecule has 0 radical (unpaired) electrons. The Morgan fingerprint density at radius 1 is 1.00 bits per heavy atom. The molecule has 4 rings (SSSR count). The standard InChI is InChI=1S/C27H25N3O3/c1-33-22-14-11-21(12-15-22)17-18-30(26(31)16-13-20-7-3-2-4-8-20)19-25-28-24-10-6-5-9-23(24)27(32)29-25/h2-16H,17-19H2,1H3,(H,28,29,32)/b16-13+. The maximum Gasteiger partial charge on any atom is 0.258 e. The summed E-state index contributed by atoms with van der Waals surface area (Å²) in [6.45, 7) is 0.676. The van der Waals surface area contributed by atoms with Crippen molar-refractivity contribution < 1.29 is 9.53 Å². The Bertz CT molecular complexity index is 1310. The van der Waals surface area contributed by atoms with E-state index in [9.17, 15) is 9.59 Å². The lowest BCUT2D eigenvalue weighted by Crippen LogP contribution is -2.32. The van der Waals surface area contributed by atoms with E-state index in [0.29, 0.717) is 29.7 Å². The van der Waals surface area contributed by atoms with E-state index in [1.54, 1.807) is 42.4 Å². The lowest BCUT2D eigenvalue weighted by atomic mass is 10.1. The van der Waals surface area contributed by atoms with Gasteiger partial charge in [-0.15, -0.1) is 0 Å². The number of hydrogen-bond acceptors (Lipinski definition) is 4. The fourth-order valence-corrected chi connectivity index (χ4v) is 3.55. The summed E-state index contributed by atoms with van der Waals surface area (Å²) in [6.07, 6.45) is 4.01. The highest BCUT2D eigenvalue weighted by Crippen LogP contribution is 2.13. The quantitative estimate of drug-likeness (QED) is 0.417. The van der Waals surface area contributed by atoms with Crippen LogP contribution >= 0.6 is 0 Å². The Labute approximate surface area is 192 Å². The number of carbonyl (C=O) groups is 1. The zero-order valence-corrected chi connectivity index (χ0v) is 18.4. The first-order valence-electron chi connectivity index (χ1n) is 10.8. The van der Waals surface area contributed by atoms with Crippen LogP contribution in [0.4, 0.5) is 0 Å². The summed E-state index contributed by atoms with van der Waals surface area (Å²) in [5, 5.41) is 0.529. The number of nitrogens with zero attached hydrogens (tertiary/aromatic N) is 2. The van der Waals surface area contributed by atoms with Gasteiger partial charge in [0.2, 0.25) is 5.91 Å². The molecule has 4 aromatic rings. The monoisotopic (exact) mass is 439 g/mol. The van der Waals surface area contributed by atoms with Crippen LogP contribution in [0.2, 0.25) is 0 Å². The summed E-state index contributed by atoms with van der Waals surface area (Å²) >= 11 is 0. The molecular formula is C27H25N3O3. The van der Waals surface area contributed by atoms with Gasteiger partial charge in [0.25, 0.3) is 5.56 Å². The van der Waals surface area contributed by atoms with Crippen molar-refractivity contribution in [1.29, 1.82) is 0 Å². The molecule has 33 heavy (non-hydrogen) atoms. The fourth-order valence-electron chi connectivity index (χ4n) is 3.55. The van der Waals surface area contributed by atoms with Crippen LogP contribution in [0.25, 0.3) is 17.0 Å². The molecule has 0 unspecified atom stereocenters. The Morgan fingerprint density at radius 3 is 2.48 bits per heavy atom. The summed E-state index contributed by atoms with van der Waals surface area (Å²) in [7, 11) is 1.63. The first kappa shape index (κ1) is 22.0. The number of rotatable bonds is 8. The maximum absolute atomic E-state index is 13.1. The predicted octanol–water partition coefficient (Wildman–Crippen LogP) is 4.22. The minimum Gasteiger partial charge on any atom is -0.497 e. The van der Waals surface area contributed by atoms with E-state index >= 15 is 0 Å². The SMILES string of the molecule is COc1ccc(CCN(Cc2nc3ccccc3c(=O)[nH]2)C(=O)/C=C/c2ccccc2)cc1. The molecule has 1 N–H and O–H groups in total. The topological polar surface area (TPSA) is 75.3 Å². The summed E-state index contributed by atoms with van der Waals surface area (Å²) in [5.74, 6) is 1.09. The van der Waals surface area contributed by atoms with Crippen LogP contribution in [0.15, 0.2) is 89.7 Å². The number of carbonyl (C=O) groups excluding carboxylic acids is 1. The number of para-hydroxylation sites is 1. The Kier molecular flexibility index (Phi) is 6.95. The van der Waals surface area contributed by atoms with Crippen molar-refractivity contribution in [1.82, 2.24) is 14.9 Å². The molecule has 1 amide bonds. The second kappa shape index (κ2) is 10.4. The molecule has 0 spiro atoms. The van der Waals surface area contributed by atoms with E-state index in [0.717, 1.165) is 16.9 Å². The van der Waals surface area contributed by atoms with Gasteiger partial charge in [0, 0.05) is 12.6 Å². The van der Waals surface area contributed by atoms with Gasteiger partial charge in [-0.05, 0) is 47.9 Å². The van der Waals surface area contributed by atoms with Crippen LogP contribution in [-0.4, -0.2) is 34.4 Å². The number of H-pyrrole nitrogens is 1. The molecular weight excluding hydrogens is 414 g/mol. The van der Waals surface area contributed by atoms with Crippen molar-refractivity contribution in [2.45, 2.75) is 13.0 Å². The van der Waals surface area contributed by atoms with Crippen molar-refractivity contribution >= 4 is 22.9 Å². The lowest BCUT2D eigenvalue weighted by molar-refractivity contribution is -0.126. The van der Waals surface area contributed by atoms with Gasteiger partial charge < -0.3 is 14.6 Å². The molecule has 6 nitrogen and oxygen atoms in total. The summed E-state index contributed by atoms with van der Waals surface area (Å²) in [4.78, 5) is 34.6. The molecule has 0 atom stereocenters. The molecule has 0 aliphatic heterocycles. The first-order valence-corrected chi connectivity index (χ1v) is 10.8. The highest BCUT2D eigenvalue weighted by molar-refractivity contribution is 5.91. The summed E-state index contributed by atoms with van der Waals surface area (Å²) in [6, 6.07) is 24.6. The number of amides is 1. The van der Waals surface area contributed by atoms with Gasteiger partial charge in [-0.2, -0.15) is 0 Å². The number of aromatic nitrogens is 2. The molecule has 0 aliphatic rings. The Balaban J connectivity index is 1.56. The van der Waals surface area contributed by atoms with Crippen molar-refractivity contribution in [2.75, 3.05) is 13.7 Å². The van der Waals surface area contributed by atoms with Crippen molar-refractivity contribution in [3.8, 4) is 5.75 Å². The van der Waals surface area contributed by atoms with Crippen LogP contribution in [0, 0.1) is 0 Å². The zero-order chi connectivity index (χ0) is 23.0. The molecule has 0 aliphatic carbocycles.